The number of nitrogens with zero attached hydrogens (tertiary/aromatic N) is 4. The molecule has 168 valence electrons. The quantitative estimate of drug-likeness (QED) is 0.699. The molecule has 6 nitrogen and oxygen atoms in total. The van der Waals surface area contributed by atoms with Crippen molar-refractivity contribution in [1.82, 2.24) is 9.97 Å². The molecular formula is C20H22F5N5O. The van der Waals surface area contributed by atoms with Crippen molar-refractivity contribution in [3.8, 4) is 0 Å². The van der Waals surface area contributed by atoms with Crippen molar-refractivity contribution in [2.45, 2.75) is 31.5 Å². The second-order valence-electron chi connectivity index (χ2n) is 8.08. The molecule has 31 heavy (non-hydrogen) atoms. The zero-order chi connectivity index (χ0) is 22.4. The van der Waals surface area contributed by atoms with E-state index in [-0.39, 0.29) is 18.4 Å². The number of alkyl halides is 5. The van der Waals surface area contributed by atoms with Crippen LogP contribution in [0.15, 0.2) is 30.5 Å². The van der Waals surface area contributed by atoms with Gasteiger partial charge >= 0.3 is 6.18 Å². The lowest BCUT2D eigenvalue weighted by Crippen LogP contribution is -2.28. The molecule has 2 fully saturated rings. The highest BCUT2D eigenvalue weighted by atomic mass is 19.4. The Morgan fingerprint density at radius 2 is 1.84 bits per heavy atom. The van der Waals surface area contributed by atoms with Crippen LogP contribution in [0.1, 0.15) is 18.9 Å². The van der Waals surface area contributed by atoms with Gasteiger partial charge in [-0.2, -0.15) is 18.2 Å². The van der Waals surface area contributed by atoms with E-state index in [4.69, 9.17) is 0 Å². The monoisotopic (exact) mass is 443 g/mol. The summed E-state index contributed by atoms with van der Waals surface area (Å²) in [5, 5.41) is 12.7. The Morgan fingerprint density at radius 3 is 2.39 bits per heavy atom. The van der Waals surface area contributed by atoms with Crippen molar-refractivity contribution in [2.24, 2.45) is 5.92 Å². The lowest BCUT2D eigenvalue weighted by molar-refractivity contribution is -0.137. The predicted octanol–water partition coefficient (Wildman–Crippen LogP) is 3.90. The van der Waals surface area contributed by atoms with Crippen LogP contribution in [0, 0.1) is 5.92 Å². The average molecular weight is 443 g/mol. The van der Waals surface area contributed by atoms with Crippen LogP contribution in [0.5, 0.6) is 0 Å². The molecule has 1 aromatic heterocycles. The summed E-state index contributed by atoms with van der Waals surface area (Å²) in [6.45, 7) is 2.18. The summed E-state index contributed by atoms with van der Waals surface area (Å²) in [5.41, 5.74) is 0.295. The molecule has 0 radical (unpaired) electrons. The molecule has 2 unspecified atom stereocenters. The van der Waals surface area contributed by atoms with E-state index >= 15 is 0 Å². The molecule has 4 rings (SSSR count). The number of halogens is 5. The molecule has 2 aliphatic heterocycles. The minimum Gasteiger partial charge on any atom is -0.391 e. The summed E-state index contributed by atoms with van der Waals surface area (Å²) in [7, 11) is 0. The Kier molecular flexibility index (Phi) is 5.40. The number of aliphatic hydroxyl groups excluding tert-OH is 1. The van der Waals surface area contributed by atoms with Crippen molar-refractivity contribution in [2.75, 3.05) is 41.3 Å². The van der Waals surface area contributed by atoms with Gasteiger partial charge in [-0.1, -0.05) is 6.92 Å². The molecule has 2 saturated heterocycles. The summed E-state index contributed by atoms with van der Waals surface area (Å²) in [6.07, 6.45) is -5.06. The summed E-state index contributed by atoms with van der Waals surface area (Å²) < 4.78 is 67.2. The van der Waals surface area contributed by atoms with Crippen LogP contribution < -0.4 is 15.1 Å². The van der Waals surface area contributed by atoms with E-state index in [9.17, 15) is 27.1 Å². The third-order valence-corrected chi connectivity index (χ3v) is 5.60. The van der Waals surface area contributed by atoms with E-state index in [1.807, 2.05) is 24.0 Å². The van der Waals surface area contributed by atoms with Crippen LogP contribution >= 0.6 is 0 Å². The smallest absolute Gasteiger partial charge is 0.391 e. The van der Waals surface area contributed by atoms with E-state index in [1.54, 1.807) is 12.1 Å². The predicted molar refractivity (Wildman–Crippen MR) is 106 cm³/mol. The first kappa shape index (κ1) is 21.5. The number of β-amino-alcohol motifs (C(OH)–C–C–N with tert-alkyl or cyclic N) is 1. The minimum atomic E-state index is -4.76. The summed E-state index contributed by atoms with van der Waals surface area (Å²) in [4.78, 5) is 10.6. The maximum absolute atomic E-state index is 13.6. The fraction of sp³-hybridized carbons (Fsp3) is 0.500. The summed E-state index contributed by atoms with van der Waals surface area (Å²) >= 11 is 0. The molecule has 2 N–H and O–H groups in total. The number of aromatic nitrogens is 2. The third kappa shape index (κ3) is 4.65. The first-order valence-electron chi connectivity index (χ1n) is 9.89. The van der Waals surface area contributed by atoms with Gasteiger partial charge in [0.25, 0.3) is 5.92 Å². The fourth-order valence-electron chi connectivity index (χ4n) is 3.84. The van der Waals surface area contributed by atoms with Crippen LogP contribution in [0.25, 0.3) is 0 Å². The van der Waals surface area contributed by atoms with Crippen molar-refractivity contribution in [3.63, 3.8) is 0 Å². The standard InChI is InChI=1S/C20H22F5N5O/c1-12-9-30(10-16(12)31)14-4-2-13(3-5-14)27-18-26-8-15(20(23,24)25)17(28-18)29-7-6-19(21,22)11-29/h2-5,8,12,16,31H,6-7,9-11H2,1H3,(H,26,27,28). The Hall–Kier alpha value is -2.69. The second-order valence-corrected chi connectivity index (χ2v) is 8.08. The highest BCUT2D eigenvalue weighted by Crippen LogP contribution is 2.39. The molecule has 1 aromatic carbocycles. The van der Waals surface area contributed by atoms with Crippen LogP contribution in [0.3, 0.4) is 0 Å². The molecule has 0 spiro atoms. The number of aliphatic hydroxyl groups is 1. The second kappa shape index (κ2) is 7.77. The lowest BCUT2D eigenvalue weighted by atomic mass is 10.1. The molecule has 0 bridgehead atoms. The Bertz CT molecular complexity index is 927. The summed E-state index contributed by atoms with van der Waals surface area (Å²) in [5.74, 6) is -3.57. The average Bonchev–Trinajstić information content (AvgIpc) is 3.23. The van der Waals surface area contributed by atoms with Gasteiger partial charge in [-0.3, -0.25) is 0 Å². The SMILES string of the molecule is CC1CN(c2ccc(Nc3ncc(C(F)(F)F)c(N4CCC(F)(F)C4)n3)cc2)CC1O. The Labute approximate surface area is 175 Å². The Morgan fingerprint density at radius 1 is 1.13 bits per heavy atom. The van der Waals surface area contributed by atoms with Crippen LogP contribution in [-0.4, -0.2) is 53.3 Å². The van der Waals surface area contributed by atoms with Gasteiger partial charge in [0.2, 0.25) is 5.95 Å². The maximum atomic E-state index is 13.6. The molecule has 0 saturated carbocycles. The molecule has 3 heterocycles. The molecular weight excluding hydrogens is 421 g/mol. The van der Waals surface area contributed by atoms with Gasteiger partial charge in [-0.15, -0.1) is 0 Å². The van der Waals surface area contributed by atoms with Gasteiger partial charge in [0.1, 0.15) is 11.4 Å². The minimum absolute atomic E-state index is 0.115. The van der Waals surface area contributed by atoms with E-state index in [2.05, 4.69) is 15.3 Å². The normalized spacial score (nSPS) is 23.5. The first-order valence-corrected chi connectivity index (χ1v) is 9.89. The van der Waals surface area contributed by atoms with Crippen molar-refractivity contribution in [1.29, 1.82) is 0 Å². The fourth-order valence-corrected chi connectivity index (χ4v) is 3.84. The van der Waals surface area contributed by atoms with Gasteiger partial charge in [-0.05, 0) is 24.3 Å². The van der Waals surface area contributed by atoms with Crippen molar-refractivity contribution in [3.05, 3.63) is 36.0 Å². The molecule has 2 atom stereocenters. The molecule has 0 aliphatic carbocycles. The highest BCUT2D eigenvalue weighted by molar-refractivity contribution is 5.61. The number of benzene rings is 1. The van der Waals surface area contributed by atoms with Crippen LogP contribution in [0.2, 0.25) is 0 Å². The first-order chi connectivity index (χ1) is 14.5. The van der Waals surface area contributed by atoms with Gasteiger partial charge < -0.3 is 20.2 Å². The van der Waals surface area contributed by atoms with Crippen LogP contribution in [-0.2, 0) is 6.18 Å². The van der Waals surface area contributed by atoms with E-state index < -0.39 is 42.5 Å². The number of hydrogen-bond donors (Lipinski definition) is 2. The van der Waals surface area contributed by atoms with Gasteiger partial charge in [0, 0.05) is 49.5 Å². The van der Waals surface area contributed by atoms with Gasteiger partial charge in [-0.25, -0.2) is 13.8 Å². The van der Waals surface area contributed by atoms with Gasteiger partial charge in [0.05, 0.1) is 12.6 Å². The molecule has 2 aliphatic rings. The van der Waals surface area contributed by atoms with E-state index in [0.717, 1.165) is 17.1 Å². The summed E-state index contributed by atoms with van der Waals surface area (Å²) in [6, 6.07) is 7.07. The number of anilines is 4. The highest BCUT2D eigenvalue weighted by Gasteiger charge is 2.43. The van der Waals surface area contributed by atoms with Crippen molar-refractivity contribution >= 4 is 23.1 Å². The Balaban J connectivity index is 1.54. The topological polar surface area (TPSA) is 64.5 Å². The van der Waals surface area contributed by atoms with E-state index in [0.29, 0.717) is 18.4 Å². The maximum Gasteiger partial charge on any atom is 0.421 e. The number of hydrogen-bond acceptors (Lipinski definition) is 6. The van der Waals surface area contributed by atoms with Crippen molar-refractivity contribution < 1.29 is 27.1 Å². The van der Waals surface area contributed by atoms with E-state index in [1.165, 1.54) is 0 Å². The largest absolute Gasteiger partial charge is 0.421 e. The number of nitrogens with one attached hydrogen (secondary N) is 1. The third-order valence-electron chi connectivity index (χ3n) is 5.60. The zero-order valence-corrected chi connectivity index (χ0v) is 16.7. The van der Waals surface area contributed by atoms with Crippen LogP contribution in [0.4, 0.5) is 45.1 Å². The molecule has 0 amide bonds. The molecule has 2 aromatic rings. The number of rotatable bonds is 4. The lowest BCUT2D eigenvalue weighted by Gasteiger charge is -2.22. The van der Waals surface area contributed by atoms with Gasteiger partial charge in [0.15, 0.2) is 0 Å². The molecule has 11 heteroatoms. The zero-order valence-electron chi connectivity index (χ0n) is 16.7.